The van der Waals surface area contributed by atoms with E-state index in [1.807, 2.05) is 6.07 Å². The number of fused-ring (bicyclic) bond motifs is 3. The van der Waals surface area contributed by atoms with Crippen LogP contribution in [0.3, 0.4) is 0 Å². The van der Waals surface area contributed by atoms with E-state index in [-0.39, 0.29) is 29.2 Å². The van der Waals surface area contributed by atoms with Gasteiger partial charge in [0.15, 0.2) is 11.6 Å². The molecule has 188 valence electrons. The van der Waals surface area contributed by atoms with Crippen LogP contribution in [0.4, 0.5) is 15.8 Å². The minimum absolute atomic E-state index is 0.0565. The molecule has 11 heteroatoms. The zero-order valence-corrected chi connectivity index (χ0v) is 19.9. The Morgan fingerprint density at radius 2 is 2.08 bits per heavy atom. The number of hydrogen-bond donors (Lipinski definition) is 3. The van der Waals surface area contributed by atoms with Crippen molar-refractivity contribution in [2.24, 2.45) is 0 Å². The number of carbonyl (C=O) groups is 1. The van der Waals surface area contributed by atoms with Crippen LogP contribution in [-0.4, -0.2) is 58.8 Å². The van der Waals surface area contributed by atoms with E-state index in [2.05, 4.69) is 30.6 Å². The lowest BCUT2D eigenvalue weighted by Gasteiger charge is -2.25. The number of pyridine rings is 1. The van der Waals surface area contributed by atoms with Crippen molar-refractivity contribution in [3.05, 3.63) is 53.7 Å². The predicted octanol–water partition coefficient (Wildman–Crippen LogP) is 3.46. The number of halogens is 1. The number of nitrogens with one attached hydrogen (secondary N) is 3. The number of amides is 1. The van der Waals surface area contributed by atoms with E-state index >= 15 is 0 Å². The van der Waals surface area contributed by atoms with Crippen molar-refractivity contribution < 1.29 is 23.4 Å². The molecule has 1 saturated carbocycles. The maximum atomic E-state index is 14.5. The Hall–Kier alpha value is -4.25. The summed E-state index contributed by atoms with van der Waals surface area (Å²) in [5, 5.41) is 6.33. The van der Waals surface area contributed by atoms with E-state index in [1.54, 1.807) is 24.5 Å². The highest BCUT2D eigenvalue weighted by Gasteiger charge is 2.51. The number of methoxy groups -OCH3 is 1. The summed E-state index contributed by atoms with van der Waals surface area (Å²) >= 11 is 0. The van der Waals surface area contributed by atoms with Gasteiger partial charge >= 0.3 is 6.01 Å². The van der Waals surface area contributed by atoms with Crippen molar-refractivity contribution in [3.8, 4) is 23.0 Å². The van der Waals surface area contributed by atoms with Gasteiger partial charge < -0.3 is 29.8 Å². The molecule has 0 radical (unpaired) electrons. The van der Waals surface area contributed by atoms with Gasteiger partial charge in [-0.1, -0.05) is 6.07 Å². The first kappa shape index (κ1) is 22.0. The highest BCUT2D eigenvalue weighted by Crippen LogP contribution is 2.53. The van der Waals surface area contributed by atoms with Crippen molar-refractivity contribution in [3.63, 3.8) is 0 Å². The molecular formula is C26H23FN6O4. The van der Waals surface area contributed by atoms with Crippen LogP contribution >= 0.6 is 0 Å². The molecule has 5 heterocycles. The molecule has 3 N–H and O–H groups in total. The average Bonchev–Trinajstić information content (AvgIpc) is 3.56. The smallest absolute Gasteiger partial charge is 0.317 e. The summed E-state index contributed by atoms with van der Waals surface area (Å²) in [6.45, 7) is 1.55. The minimum atomic E-state index is -0.509. The second-order valence-corrected chi connectivity index (χ2v) is 9.56. The average molecular weight is 503 g/mol. The predicted molar refractivity (Wildman–Crippen MR) is 132 cm³/mol. The van der Waals surface area contributed by atoms with Gasteiger partial charge in [-0.15, -0.1) is 0 Å². The SMILES string of the molecule is COc1c(F)cccc1Nc1c(-c2ccnc3cnc(OC4COC4)nc23)[nH]c2c1C(=O)NCC21CC1. The van der Waals surface area contributed by atoms with Crippen LogP contribution in [0.1, 0.15) is 28.9 Å². The molecule has 3 aromatic heterocycles. The Kier molecular flexibility index (Phi) is 4.83. The monoisotopic (exact) mass is 502 g/mol. The third kappa shape index (κ3) is 3.49. The Bertz CT molecular complexity index is 1560. The van der Waals surface area contributed by atoms with E-state index in [1.165, 1.54) is 13.2 Å². The third-order valence-electron chi connectivity index (χ3n) is 7.24. The highest BCUT2D eigenvalue weighted by molar-refractivity contribution is 6.09. The lowest BCUT2D eigenvalue weighted by atomic mass is 9.93. The number of benzene rings is 1. The van der Waals surface area contributed by atoms with Crippen molar-refractivity contribution in [2.45, 2.75) is 24.4 Å². The lowest BCUT2D eigenvalue weighted by molar-refractivity contribution is -0.0830. The first-order chi connectivity index (χ1) is 18.1. The number of H-pyrrole nitrogens is 1. The molecule has 1 aliphatic carbocycles. The van der Waals surface area contributed by atoms with Gasteiger partial charge in [-0.25, -0.2) is 9.37 Å². The quantitative estimate of drug-likeness (QED) is 0.366. The number of rotatable bonds is 6. The number of nitrogens with zero attached hydrogens (tertiary/aromatic N) is 3. The Morgan fingerprint density at radius 1 is 1.22 bits per heavy atom. The van der Waals surface area contributed by atoms with Crippen LogP contribution in [-0.2, 0) is 10.2 Å². The number of ether oxygens (including phenoxy) is 3. The number of aromatic nitrogens is 4. The van der Waals surface area contributed by atoms with Gasteiger partial charge in [-0.2, -0.15) is 4.98 Å². The number of para-hydroxylation sites is 1. The van der Waals surface area contributed by atoms with Crippen LogP contribution in [0.25, 0.3) is 22.3 Å². The number of hydrogen-bond acceptors (Lipinski definition) is 8. The number of anilines is 2. The molecule has 1 aromatic carbocycles. The summed E-state index contributed by atoms with van der Waals surface area (Å²) in [6, 6.07) is 6.67. The zero-order chi connectivity index (χ0) is 25.1. The molecule has 1 spiro atoms. The van der Waals surface area contributed by atoms with E-state index < -0.39 is 5.82 Å². The van der Waals surface area contributed by atoms with Gasteiger partial charge in [0.25, 0.3) is 5.91 Å². The Morgan fingerprint density at radius 3 is 2.84 bits per heavy atom. The van der Waals surface area contributed by atoms with Crippen molar-refractivity contribution in [1.82, 2.24) is 25.3 Å². The number of carbonyl (C=O) groups excluding carboxylic acids is 1. The fraction of sp³-hybridized carbons (Fsp3) is 0.308. The fourth-order valence-corrected chi connectivity index (χ4v) is 5.02. The maximum Gasteiger partial charge on any atom is 0.317 e. The summed E-state index contributed by atoms with van der Waals surface area (Å²) < 4.78 is 30.9. The molecule has 10 nitrogen and oxygen atoms in total. The topological polar surface area (TPSA) is 123 Å². The second-order valence-electron chi connectivity index (χ2n) is 9.56. The van der Waals surface area contributed by atoms with Gasteiger partial charge in [0, 0.05) is 29.4 Å². The van der Waals surface area contributed by atoms with Gasteiger partial charge in [-0.05, 0) is 31.0 Å². The first-order valence-corrected chi connectivity index (χ1v) is 12.1. The van der Waals surface area contributed by atoms with Gasteiger partial charge in [-0.3, -0.25) is 9.78 Å². The molecule has 3 aliphatic rings. The van der Waals surface area contributed by atoms with Crippen molar-refractivity contribution in [1.29, 1.82) is 0 Å². The van der Waals surface area contributed by atoms with Crippen LogP contribution < -0.4 is 20.1 Å². The van der Waals surface area contributed by atoms with Crippen molar-refractivity contribution >= 4 is 28.3 Å². The van der Waals surface area contributed by atoms with E-state index in [4.69, 9.17) is 14.2 Å². The molecule has 1 amide bonds. The summed E-state index contributed by atoms with van der Waals surface area (Å²) in [4.78, 5) is 30.1. The number of aromatic amines is 1. The van der Waals surface area contributed by atoms with Crippen LogP contribution in [0.5, 0.6) is 11.8 Å². The van der Waals surface area contributed by atoms with Crippen molar-refractivity contribution in [2.75, 3.05) is 32.2 Å². The maximum absolute atomic E-state index is 14.5. The molecule has 7 rings (SSSR count). The van der Waals surface area contributed by atoms with Gasteiger partial charge in [0.2, 0.25) is 0 Å². The lowest BCUT2D eigenvalue weighted by Crippen LogP contribution is -2.39. The van der Waals surface area contributed by atoms with Gasteiger partial charge in [0.1, 0.15) is 17.1 Å². The molecule has 37 heavy (non-hydrogen) atoms. The molecule has 1 saturated heterocycles. The standard InChI is InChI=1S/C26H23FN6O4/c1-35-22-15(27)3-2-4-16(22)31-21-18-23(26(6-7-26)12-30-24(18)34)32-20(21)14-5-8-28-17-9-29-25(33-19(14)17)37-13-10-36-11-13/h2-5,8-9,13,31-32H,6-7,10-12H2,1H3,(H,30,34). The molecule has 2 fully saturated rings. The normalized spacial score (nSPS) is 17.7. The van der Waals surface area contributed by atoms with E-state index in [9.17, 15) is 9.18 Å². The minimum Gasteiger partial charge on any atom is -0.492 e. The van der Waals surface area contributed by atoms with E-state index in [0.29, 0.717) is 59.0 Å². The van der Waals surface area contributed by atoms with Crippen LogP contribution in [0.15, 0.2) is 36.7 Å². The molecule has 4 aromatic rings. The zero-order valence-electron chi connectivity index (χ0n) is 19.9. The molecule has 0 atom stereocenters. The molecule has 2 aliphatic heterocycles. The fourth-order valence-electron chi connectivity index (χ4n) is 5.02. The summed E-state index contributed by atoms with van der Waals surface area (Å²) in [5.41, 5.74) is 4.63. The van der Waals surface area contributed by atoms with Gasteiger partial charge in [0.05, 0.1) is 49.2 Å². The summed E-state index contributed by atoms with van der Waals surface area (Å²) in [5.74, 6) is -0.651. The molecule has 0 unspecified atom stereocenters. The summed E-state index contributed by atoms with van der Waals surface area (Å²) in [7, 11) is 1.41. The largest absolute Gasteiger partial charge is 0.492 e. The highest BCUT2D eigenvalue weighted by atomic mass is 19.1. The Labute approximate surface area is 210 Å². The third-order valence-corrected chi connectivity index (χ3v) is 7.24. The second kappa shape index (κ2) is 8.13. The molecule has 0 bridgehead atoms. The summed E-state index contributed by atoms with van der Waals surface area (Å²) in [6.07, 6.45) is 5.11. The van der Waals surface area contributed by atoms with Crippen LogP contribution in [0, 0.1) is 5.82 Å². The van der Waals surface area contributed by atoms with Crippen LogP contribution in [0.2, 0.25) is 0 Å². The molecular weight excluding hydrogens is 479 g/mol. The first-order valence-electron chi connectivity index (χ1n) is 12.1. The van der Waals surface area contributed by atoms with E-state index in [0.717, 1.165) is 18.5 Å². The Balaban J connectivity index is 1.43.